The minimum Gasteiger partial charge on any atom is -0.305 e. The molecule has 0 saturated carbocycles. The van der Waals surface area contributed by atoms with Crippen molar-refractivity contribution in [2.24, 2.45) is 14.1 Å². The summed E-state index contributed by atoms with van der Waals surface area (Å²) in [4.78, 5) is 0. The third-order valence-corrected chi connectivity index (χ3v) is 3.09. The number of rotatable bonds is 4. The molecule has 0 aliphatic heterocycles. The first-order valence-electron chi connectivity index (χ1n) is 6.07. The Morgan fingerprint density at radius 3 is 2.40 bits per heavy atom. The van der Waals surface area contributed by atoms with E-state index in [2.05, 4.69) is 15.5 Å². The lowest BCUT2D eigenvalue weighted by Gasteiger charge is -2.04. The van der Waals surface area contributed by atoms with E-state index in [1.54, 1.807) is 10.9 Å². The summed E-state index contributed by atoms with van der Waals surface area (Å²) in [6.45, 7) is 2.74. The Morgan fingerprint density at radius 1 is 1.20 bits per heavy atom. The van der Waals surface area contributed by atoms with Gasteiger partial charge in [0.25, 0.3) is 0 Å². The molecule has 8 heteroatoms. The molecule has 2 aromatic heterocycles. The Kier molecular flexibility index (Phi) is 3.85. The first kappa shape index (κ1) is 14.6. The van der Waals surface area contributed by atoms with Crippen molar-refractivity contribution < 1.29 is 13.2 Å². The first-order chi connectivity index (χ1) is 9.29. The lowest BCUT2D eigenvalue weighted by atomic mass is 10.2. The lowest BCUT2D eigenvalue weighted by molar-refractivity contribution is -0.143. The highest BCUT2D eigenvalue weighted by atomic mass is 19.4. The fourth-order valence-corrected chi connectivity index (χ4v) is 2.01. The van der Waals surface area contributed by atoms with Gasteiger partial charge < -0.3 is 5.32 Å². The summed E-state index contributed by atoms with van der Waals surface area (Å²) in [6.07, 6.45) is -2.63. The molecule has 0 aromatic carbocycles. The molecular formula is C12H16F3N5. The summed E-state index contributed by atoms with van der Waals surface area (Å²) in [6, 6.07) is 1.06. The van der Waals surface area contributed by atoms with E-state index in [1.807, 2.05) is 14.0 Å². The maximum absolute atomic E-state index is 12.6. The molecule has 2 rings (SSSR count). The first-order valence-corrected chi connectivity index (χ1v) is 6.07. The summed E-state index contributed by atoms with van der Waals surface area (Å²) < 4.78 is 40.5. The van der Waals surface area contributed by atoms with Crippen molar-refractivity contribution in [3.8, 4) is 0 Å². The Labute approximate surface area is 114 Å². The van der Waals surface area contributed by atoms with Crippen LogP contribution in [0.1, 0.15) is 22.6 Å². The smallest absolute Gasteiger partial charge is 0.305 e. The molecular weight excluding hydrogens is 271 g/mol. The van der Waals surface area contributed by atoms with Gasteiger partial charge in [0.2, 0.25) is 0 Å². The van der Waals surface area contributed by atoms with Gasteiger partial charge in [-0.1, -0.05) is 0 Å². The van der Waals surface area contributed by atoms with E-state index >= 15 is 0 Å². The average molecular weight is 287 g/mol. The molecule has 0 atom stereocenters. The van der Waals surface area contributed by atoms with Crippen LogP contribution < -0.4 is 5.32 Å². The normalized spacial score (nSPS) is 12.1. The minimum atomic E-state index is -4.38. The minimum absolute atomic E-state index is 0.272. The summed E-state index contributed by atoms with van der Waals surface area (Å²) in [5.74, 6) is 0. The number of halogens is 3. The van der Waals surface area contributed by atoms with Gasteiger partial charge in [0.15, 0.2) is 0 Å². The van der Waals surface area contributed by atoms with E-state index in [0.29, 0.717) is 12.2 Å². The molecule has 0 aliphatic carbocycles. The lowest BCUT2D eigenvalue weighted by Crippen LogP contribution is -2.16. The Hall–Kier alpha value is -1.83. The van der Waals surface area contributed by atoms with Crippen LogP contribution in [0.25, 0.3) is 0 Å². The molecule has 110 valence electrons. The van der Waals surface area contributed by atoms with Gasteiger partial charge >= 0.3 is 6.18 Å². The molecule has 0 amide bonds. The monoisotopic (exact) mass is 287 g/mol. The van der Waals surface area contributed by atoms with Gasteiger partial charge in [0, 0.05) is 27.2 Å². The van der Waals surface area contributed by atoms with Gasteiger partial charge in [-0.25, -0.2) is 0 Å². The average Bonchev–Trinajstić information content (AvgIpc) is 2.85. The van der Waals surface area contributed by atoms with Gasteiger partial charge in [0.1, 0.15) is 5.69 Å². The zero-order valence-corrected chi connectivity index (χ0v) is 11.5. The fraction of sp³-hybridized carbons (Fsp3) is 0.500. The second-order valence-corrected chi connectivity index (χ2v) is 4.64. The molecule has 0 aliphatic rings. The quantitative estimate of drug-likeness (QED) is 0.932. The van der Waals surface area contributed by atoms with Crippen molar-refractivity contribution in [2.75, 3.05) is 0 Å². The van der Waals surface area contributed by atoms with Crippen LogP contribution in [0, 0.1) is 6.92 Å². The summed E-state index contributed by atoms with van der Waals surface area (Å²) >= 11 is 0. The van der Waals surface area contributed by atoms with E-state index in [9.17, 15) is 13.2 Å². The van der Waals surface area contributed by atoms with Crippen LogP contribution >= 0.6 is 0 Å². The van der Waals surface area contributed by atoms with Crippen LogP contribution in [-0.2, 0) is 33.4 Å². The zero-order valence-electron chi connectivity index (χ0n) is 11.5. The highest BCUT2D eigenvalue weighted by Gasteiger charge is 2.34. The van der Waals surface area contributed by atoms with Crippen molar-refractivity contribution >= 4 is 0 Å². The van der Waals surface area contributed by atoms with Gasteiger partial charge in [0.05, 0.1) is 17.6 Å². The molecule has 0 saturated heterocycles. The highest BCUT2D eigenvalue weighted by Crippen LogP contribution is 2.29. The van der Waals surface area contributed by atoms with Gasteiger partial charge in [-0.3, -0.25) is 9.36 Å². The number of hydrogen-bond donors (Lipinski definition) is 1. The molecule has 5 nitrogen and oxygen atoms in total. The van der Waals surface area contributed by atoms with Crippen LogP contribution in [0.3, 0.4) is 0 Å². The number of aromatic nitrogens is 4. The van der Waals surface area contributed by atoms with Gasteiger partial charge in [-0.05, 0) is 18.6 Å². The third kappa shape index (κ3) is 3.01. The number of alkyl halides is 3. The van der Waals surface area contributed by atoms with Crippen LogP contribution in [-0.4, -0.2) is 19.6 Å². The number of aryl methyl sites for hydroxylation is 3. The van der Waals surface area contributed by atoms with Crippen molar-refractivity contribution in [2.45, 2.75) is 26.2 Å². The maximum Gasteiger partial charge on any atom is 0.433 e. The molecule has 2 aromatic rings. The molecule has 0 bridgehead atoms. The molecule has 20 heavy (non-hydrogen) atoms. The van der Waals surface area contributed by atoms with E-state index in [1.165, 1.54) is 7.05 Å². The second-order valence-electron chi connectivity index (χ2n) is 4.64. The summed E-state index contributed by atoms with van der Waals surface area (Å²) in [5, 5.41) is 11.0. The molecule has 2 heterocycles. The van der Waals surface area contributed by atoms with Crippen LogP contribution in [0.5, 0.6) is 0 Å². The van der Waals surface area contributed by atoms with Gasteiger partial charge in [-0.15, -0.1) is 0 Å². The molecule has 0 unspecified atom stereocenters. The van der Waals surface area contributed by atoms with Crippen LogP contribution in [0.4, 0.5) is 13.2 Å². The topological polar surface area (TPSA) is 47.7 Å². The predicted octanol–water partition coefficient (Wildman–Crippen LogP) is 1.77. The standard InChI is InChI=1S/C12H16F3N5/c1-8-5-17-19(2)10(8)7-16-6-9-4-11(12(13,14)15)20(3)18-9/h4-5,16H,6-7H2,1-3H3. The van der Waals surface area contributed by atoms with E-state index in [4.69, 9.17) is 0 Å². The van der Waals surface area contributed by atoms with Crippen molar-refractivity contribution in [3.05, 3.63) is 34.9 Å². The Morgan fingerprint density at radius 2 is 1.90 bits per heavy atom. The number of nitrogens with one attached hydrogen (secondary N) is 1. The molecule has 0 radical (unpaired) electrons. The third-order valence-electron chi connectivity index (χ3n) is 3.09. The van der Waals surface area contributed by atoms with Crippen LogP contribution in [0.15, 0.2) is 12.3 Å². The second kappa shape index (κ2) is 5.28. The van der Waals surface area contributed by atoms with E-state index < -0.39 is 11.9 Å². The number of hydrogen-bond acceptors (Lipinski definition) is 3. The zero-order chi connectivity index (χ0) is 14.9. The predicted molar refractivity (Wildman–Crippen MR) is 66.7 cm³/mol. The summed E-state index contributed by atoms with van der Waals surface area (Å²) in [7, 11) is 3.12. The largest absolute Gasteiger partial charge is 0.433 e. The Bertz CT molecular complexity index is 577. The number of nitrogens with zero attached hydrogens (tertiary/aromatic N) is 4. The molecule has 1 N–H and O–H groups in total. The van der Waals surface area contributed by atoms with Crippen LogP contribution in [0.2, 0.25) is 0 Å². The summed E-state index contributed by atoms with van der Waals surface area (Å²) in [5.41, 5.74) is 1.65. The van der Waals surface area contributed by atoms with Crippen molar-refractivity contribution in [3.63, 3.8) is 0 Å². The maximum atomic E-state index is 12.6. The molecule has 0 spiro atoms. The van der Waals surface area contributed by atoms with E-state index in [-0.39, 0.29) is 6.54 Å². The fourth-order valence-electron chi connectivity index (χ4n) is 2.01. The Balaban J connectivity index is 1.99. The molecule has 0 fully saturated rings. The van der Waals surface area contributed by atoms with Crippen molar-refractivity contribution in [1.29, 1.82) is 0 Å². The SMILES string of the molecule is Cc1cnn(C)c1CNCc1cc(C(F)(F)F)n(C)n1. The van der Waals surface area contributed by atoms with Crippen molar-refractivity contribution in [1.82, 2.24) is 24.9 Å². The van der Waals surface area contributed by atoms with Gasteiger partial charge in [-0.2, -0.15) is 23.4 Å². The van der Waals surface area contributed by atoms with E-state index in [0.717, 1.165) is 22.0 Å². The highest BCUT2D eigenvalue weighted by molar-refractivity contribution is 5.16.